The Balaban J connectivity index is 2.12. The van der Waals surface area contributed by atoms with Crippen LogP contribution in [-0.4, -0.2) is 4.98 Å². The zero-order chi connectivity index (χ0) is 10.8. The molecule has 0 aliphatic heterocycles. The number of hydrogen-bond acceptors (Lipinski definition) is 1. The van der Waals surface area contributed by atoms with Gasteiger partial charge in [0.25, 0.3) is 0 Å². The number of aromatic nitrogens is 1. The summed E-state index contributed by atoms with van der Waals surface area (Å²) >= 11 is 0. The van der Waals surface area contributed by atoms with Gasteiger partial charge in [-0.15, -0.1) is 0 Å². The minimum atomic E-state index is 1.17. The Morgan fingerprint density at radius 2 is 1.73 bits per heavy atom. The molecule has 0 fully saturated rings. The van der Waals surface area contributed by atoms with Crippen LogP contribution in [0.1, 0.15) is 38.2 Å². The van der Waals surface area contributed by atoms with Crippen LogP contribution in [0.3, 0.4) is 0 Å². The third-order valence-electron chi connectivity index (χ3n) is 2.24. The molecule has 1 aromatic rings. The first-order valence-corrected chi connectivity index (χ1v) is 5.61. The van der Waals surface area contributed by atoms with Gasteiger partial charge in [-0.25, -0.2) is 0 Å². The van der Waals surface area contributed by atoms with Crippen LogP contribution in [-0.2, 0) is 0 Å². The number of nitrogens with zero attached hydrogens (tertiary/aromatic N) is 1. The molecule has 1 rings (SSSR count). The van der Waals surface area contributed by atoms with Crippen LogP contribution in [0.4, 0.5) is 0 Å². The third kappa shape index (κ3) is 5.84. The largest absolute Gasteiger partial charge is 0.265 e. The number of allylic oxidation sites excluding steroid dienone is 3. The summed E-state index contributed by atoms with van der Waals surface area (Å²) in [6.45, 7) is 2.07. The molecule has 0 radical (unpaired) electrons. The van der Waals surface area contributed by atoms with Crippen LogP contribution in [0, 0.1) is 0 Å². The van der Waals surface area contributed by atoms with Crippen molar-refractivity contribution in [3.8, 4) is 0 Å². The van der Waals surface area contributed by atoms with Crippen LogP contribution in [0.2, 0.25) is 0 Å². The Bertz CT molecular complexity index is 298. The van der Waals surface area contributed by atoms with E-state index in [2.05, 4.69) is 36.2 Å². The lowest BCUT2D eigenvalue weighted by atomic mass is 10.1. The number of pyridine rings is 1. The van der Waals surface area contributed by atoms with E-state index in [1.807, 2.05) is 24.5 Å². The highest BCUT2D eigenvalue weighted by Crippen LogP contribution is 2.05. The van der Waals surface area contributed by atoms with E-state index in [4.69, 9.17) is 0 Å². The number of hydrogen-bond donors (Lipinski definition) is 0. The highest BCUT2D eigenvalue weighted by molar-refractivity contribution is 5.47. The van der Waals surface area contributed by atoms with Gasteiger partial charge in [0.15, 0.2) is 0 Å². The van der Waals surface area contributed by atoms with Crippen molar-refractivity contribution >= 4 is 6.08 Å². The molecule has 0 aromatic carbocycles. The highest BCUT2D eigenvalue weighted by atomic mass is 14.6. The summed E-state index contributed by atoms with van der Waals surface area (Å²) in [6, 6.07) is 4.05. The first-order valence-electron chi connectivity index (χ1n) is 5.61. The van der Waals surface area contributed by atoms with Crippen molar-refractivity contribution in [3.63, 3.8) is 0 Å². The van der Waals surface area contributed by atoms with E-state index >= 15 is 0 Å². The molecule has 0 N–H and O–H groups in total. The van der Waals surface area contributed by atoms with Crippen molar-refractivity contribution in [1.29, 1.82) is 0 Å². The zero-order valence-corrected chi connectivity index (χ0v) is 9.39. The second-order valence-electron chi connectivity index (χ2n) is 3.54. The molecular formula is C14H19N. The Kier molecular flexibility index (Phi) is 6.23. The normalized spacial score (nSPS) is 11.5. The average molecular weight is 201 g/mol. The molecule has 0 spiro atoms. The molecule has 0 unspecified atom stereocenters. The predicted molar refractivity (Wildman–Crippen MR) is 66.6 cm³/mol. The molecule has 1 heteroatoms. The molecule has 1 aromatic heterocycles. The maximum absolute atomic E-state index is 3.98. The molecule has 0 amide bonds. The monoisotopic (exact) mass is 201 g/mol. The number of rotatable bonds is 6. The molecular weight excluding hydrogens is 182 g/mol. The molecule has 0 aliphatic carbocycles. The van der Waals surface area contributed by atoms with E-state index in [9.17, 15) is 0 Å². The second-order valence-corrected chi connectivity index (χ2v) is 3.54. The first-order chi connectivity index (χ1) is 7.43. The van der Waals surface area contributed by atoms with Crippen molar-refractivity contribution < 1.29 is 0 Å². The van der Waals surface area contributed by atoms with E-state index in [0.717, 1.165) is 0 Å². The summed E-state index contributed by atoms with van der Waals surface area (Å²) in [6.07, 6.45) is 17.3. The fraction of sp³-hybridized carbons (Fsp3) is 0.357. The molecule has 1 heterocycles. The summed E-state index contributed by atoms with van der Waals surface area (Å²) in [5.74, 6) is 0. The summed E-state index contributed by atoms with van der Waals surface area (Å²) in [4.78, 5) is 3.98. The molecule has 0 saturated heterocycles. The fourth-order valence-corrected chi connectivity index (χ4v) is 1.39. The van der Waals surface area contributed by atoms with Crippen LogP contribution in [0.5, 0.6) is 0 Å². The van der Waals surface area contributed by atoms with Gasteiger partial charge in [-0.2, -0.15) is 0 Å². The molecule has 0 aliphatic rings. The lowest BCUT2D eigenvalue weighted by molar-refractivity contribution is 0.763. The van der Waals surface area contributed by atoms with E-state index in [1.54, 1.807) is 0 Å². The van der Waals surface area contributed by atoms with Gasteiger partial charge in [-0.05, 0) is 50.3 Å². The van der Waals surface area contributed by atoms with Crippen LogP contribution < -0.4 is 0 Å². The second kappa shape index (κ2) is 7.98. The van der Waals surface area contributed by atoms with E-state index in [1.165, 1.54) is 31.2 Å². The lowest BCUT2D eigenvalue weighted by Gasteiger charge is -1.93. The van der Waals surface area contributed by atoms with Gasteiger partial charge < -0.3 is 0 Å². The Labute approximate surface area is 92.6 Å². The fourth-order valence-electron chi connectivity index (χ4n) is 1.39. The smallest absolute Gasteiger partial charge is 0.0273 e. The van der Waals surface area contributed by atoms with Crippen molar-refractivity contribution in [2.75, 3.05) is 0 Å². The maximum Gasteiger partial charge on any atom is 0.0273 e. The first kappa shape index (κ1) is 11.7. The van der Waals surface area contributed by atoms with E-state index in [-0.39, 0.29) is 0 Å². The Morgan fingerprint density at radius 1 is 1.07 bits per heavy atom. The minimum absolute atomic E-state index is 1.17. The van der Waals surface area contributed by atoms with Crippen molar-refractivity contribution in [3.05, 3.63) is 48.3 Å². The summed E-state index contributed by atoms with van der Waals surface area (Å²) in [5, 5.41) is 0. The molecule has 0 atom stereocenters. The average Bonchev–Trinajstić information content (AvgIpc) is 2.29. The molecule has 0 bridgehead atoms. The van der Waals surface area contributed by atoms with Gasteiger partial charge in [0.2, 0.25) is 0 Å². The van der Waals surface area contributed by atoms with Gasteiger partial charge in [-0.3, -0.25) is 4.98 Å². The van der Waals surface area contributed by atoms with Crippen LogP contribution in [0.15, 0.2) is 42.8 Å². The Morgan fingerprint density at radius 3 is 2.40 bits per heavy atom. The highest BCUT2D eigenvalue weighted by Gasteiger charge is 1.85. The SMILES string of the molecule is CC=CCCCCC=Cc1ccncc1. The van der Waals surface area contributed by atoms with Crippen molar-refractivity contribution in [1.82, 2.24) is 4.98 Å². The van der Waals surface area contributed by atoms with Gasteiger partial charge in [0.05, 0.1) is 0 Å². The summed E-state index contributed by atoms with van der Waals surface area (Å²) in [7, 11) is 0. The third-order valence-corrected chi connectivity index (χ3v) is 2.24. The molecule has 15 heavy (non-hydrogen) atoms. The molecule has 0 saturated carbocycles. The maximum atomic E-state index is 3.98. The van der Waals surface area contributed by atoms with Crippen molar-refractivity contribution in [2.45, 2.75) is 32.6 Å². The van der Waals surface area contributed by atoms with E-state index in [0.29, 0.717) is 0 Å². The lowest BCUT2D eigenvalue weighted by Crippen LogP contribution is -1.74. The van der Waals surface area contributed by atoms with Gasteiger partial charge in [-0.1, -0.05) is 24.3 Å². The summed E-state index contributed by atoms with van der Waals surface area (Å²) in [5.41, 5.74) is 1.23. The quantitative estimate of drug-likeness (QED) is 0.495. The van der Waals surface area contributed by atoms with Crippen LogP contribution in [0.25, 0.3) is 6.08 Å². The molecule has 1 nitrogen and oxygen atoms in total. The van der Waals surface area contributed by atoms with E-state index < -0.39 is 0 Å². The van der Waals surface area contributed by atoms with Crippen molar-refractivity contribution in [2.24, 2.45) is 0 Å². The standard InChI is InChI=1S/C14H19N/c1-2-3-4-5-6-7-8-9-14-10-12-15-13-11-14/h2-3,8-13H,4-7H2,1H3. The topological polar surface area (TPSA) is 12.9 Å². The van der Waals surface area contributed by atoms with Gasteiger partial charge in [0.1, 0.15) is 0 Å². The number of unbranched alkanes of at least 4 members (excludes halogenated alkanes) is 3. The Hall–Kier alpha value is -1.37. The molecule has 80 valence electrons. The van der Waals surface area contributed by atoms with Crippen LogP contribution >= 0.6 is 0 Å². The minimum Gasteiger partial charge on any atom is -0.265 e. The van der Waals surface area contributed by atoms with Gasteiger partial charge >= 0.3 is 0 Å². The van der Waals surface area contributed by atoms with Gasteiger partial charge in [0, 0.05) is 12.4 Å². The predicted octanol–water partition coefficient (Wildman–Crippen LogP) is 4.23. The zero-order valence-electron chi connectivity index (χ0n) is 9.39. The summed E-state index contributed by atoms with van der Waals surface area (Å²) < 4.78 is 0.